The number of carbonyl (C=O) groups excluding carboxylic acids is 1. The monoisotopic (exact) mass is 393 g/mol. The van der Waals surface area contributed by atoms with Gasteiger partial charge in [0.05, 0.1) is 13.2 Å². The van der Waals surface area contributed by atoms with Crippen LogP contribution in [0.25, 0.3) is 0 Å². The minimum absolute atomic E-state index is 0.0348. The molecule has 4 rings (SSSR count). The van der Waals surface area contributed by atoms with Crippen molar-refractivity contribution in [1.29, 1.82) is 0 Å². The van der Waals surface area contributed by atoms with Crippen LogP contribution in [0, 0.1) is 5.92 Å². The molecule has 1 atom stereocenters. The molecule has 0 unspecified atom stereocenters. The predicted octanol–water partition coefficient (Wildman–Crippen LogP) is 3.69. The maximum atomic E-state index is 12.5. The van der Waals surface area contributed by atoms with Gasteiger partial charge in [-0.05, 0) is 60.7 Å². The molecule has 2 aromatic rings. The molecule has 5 heteroatoms. The maximum Gasteiger partial charge on any atom is 0.251 e. The lowest BCUT2D eigenvalue weighted by atomic mass is 9.99. The zero-order valence-electron chi connectivity index (χ0n) is 17.3. The summed E-state index contributed by atoms with van der Waals surface area (Å²) in [5.41, 5.74) is 4.25. The molecule has 2 heterocycles. The van der Waals surface area contributed by atoms with Crippen LogP contribution in [-0.4, -0.2) is 45.3 Å². The molecule has 154 valence electrons. The first-order valence-electron chi connectivity index (χ1n) is 10.7. The Labute approximate surface area is 173 Å². The minimum Gasteiger partial charge on any atom is -0.378 e. The maximum absolute atomic E-state index is 12.5. The van der Waals surface area contributed by atoms with E-state index in [1.807, 2.05) is 24.3 Å². The summed E-state index contributed by atoms with van der Waals surface area (Å²) >= 11 is 0. The van der Waals surface area contributed by atoms with Crippen molar-refractivity contribution in [3.05, 3.63) is 59.7 Å². The van der Waals surface area contributed by atoms with Gasteiger partial charge in [-0.3, -0.25) is 4.79 Å². The van der Waals surface area contributed by atoms with Gasteiger partial charge in [0, 0.05) is 49.7 Å². The lowest BCUT2D eigenvalue weighted by Gasteiger charge is -2.32. The zero-order valence-corrected chi connectivity index (χ0v) is 17.3. The van der Waals surface area contributed by atoms with Crippen LogP contribution < -0.4 is 15.1 Å². The van der Waals surface area contributed by atoms with Gasteiger partial charge in [-0.1, -0.05) is 19.1 Å². The van der Waals surface area contributed by atoms with E-state index >= 15 is 0 Å². The number of morpholine rings is 1. The van der Waals surface area contributed by atoms with E-state index in [0.29, 0.717) is 12.1 Å². The average molecular weight is 394 g/mol. The number of hydrogen-bond acceptors (Lipinski definition) is 4. The van der Waals surface area contributed by atoms with E-state index < -0.39 is 0 Å². The molecule has 2 aromatic carbocycles. The van der Waals surface area contributed by atoms with Crippen molar-refractivity contribution in [1.82, 2.24) is 5.32 Å². The molecule has 2 aliphatic rings. The predicted molar refractivity (Wildman–Crippen MR) is 118 cm³/mol. The highest BCUT2D eigenvalue weighted by Gasteiger charge is 2.16. The molecular formula is C24H31N3O2. The fraction of sp³-hybridized carbons (Fsp3) is 0.458. The molecule has 2 fully saturated rings. The molecule has 0 radical (unpaired) electrons. The van der Waals surface area contributed by atoms with E-state index in [0.717, 1.165) is 56.6 Å². The highest BCUT2D eigenvalue weighted by Crippen LogP contribution is 2.23. The van der Waals surface area contributed by atoms with Gasteiger partial charge in [-0.2, -0.15) is 0 Å². The lowest BCUT2D eigenvalue weighted by Crippen LogP contribution is -2.36. The van der Waals surface area contributed by atoms with Crippen molar-refractivity contribution in [3.8, 4) is 0 Å². The van der Waals surface area contributed by atoms with Crippen molar-refractivity contribution < 1.29 is 9.53 Å². The van der Waals surface area contributed by atoms with Crippen LogP contribution in [0.5, 0.6) is 0 Å². The average Bonchev–Trinajstić information content (AvgIpc) is 2.78. The van der Waals surface area contributed by atoms with E-state index in [4.69, 9.17) is 4.74 Å². The van der Waals surface area contributed by atoms with Gasteiger partial charge < -0.3 is 19.9 Å². The zero-order chi connectivity index (χ0) is 20.1. The summed E-state index contributed by atoms with van der Waals surface area (Å²) < 4.78 is 5.40. The molecule has 2 aliphatic heterocycles. The third kappa shape index (κ3) is 5.10. The summed E-state index contributed by atoms with van der Waals surface area (Å²) in [6.07, 6.45) is 2.59. The number of hydrogen-bond donors (Lipinski definition) is 1. The molecule has 1 N–H and O–H groups in total. The van der Waals surface area contributed by atoms with Gasteiger partial charge in [0.1, 0.15) is 0 Å². The quantitative estimate of drug-likeness (QED) is 0.842. The van der Waals surface area contributed by atoms with E-state index in [1.165, 1.54) is 18.5 Å². The molecule has 0 aliphatic carbocycles. The standard InChI is InChI=1S/C24H31N3O2/c1-19-3-2-12-27(18-19)23-8-4-20(5-9-23)17-25-24(28)21-6-10-22(11-7-21)26-13-15-29-16-14-26/h4-11,19H,2-3,12-18H2,1H3,(H,25,28)/t19-/m1/s1. The Kier molecular flexibility index (Phi) is 6.35. The number of ether oxygens (including phenoxy) is 1. The van der Waals surface area contributed by atoms with Gasteiger partial charge >= 0.3 is 0 Å². The molecule has 0 saturated carbocycles. The number of piperidine rings is 1. The minimum atomic E-state index is -0.0348. The van der Waals surface area contributed by atoms with E-state index in [1.54, 1.807) is 0 Å². The molecular weight excluding hydrogens is 362 g/mol. The van der Waals surface area contributed by atoms with Gasteiger partial charge in [-0.15, -0.1) is 0 Å². The van der Waals surface area contributed by atoms with Crippen LogP contribution in [0.4, 0.5) is 11.4 Å². The summed E-state index contributed by atoms with van der Waals surface area (Å²) in [6, 6.07) is 16.4. The van der Waals surface area contributed by atoms with E-state index in [9.17, 15) is 4.79 Å². The van der Waals surface area contributed by atoms with Crippen LogP contribution in [0.2, 0.25) is 0 Å². The molecule has 1 amide bonds. The first-order valence-corrected chi connectivity index (χ1v) is 10.7. The Morgan fingerprint density at radius 1 is 0.966 bits per heavy atom. The van der Waals surface area contributed by atoms with Crippen molar-refractivity contribution in [3.63, 3.8) is 0 Å². The molecule has 29 heavy (non-hydrogen) atoms. The Bertz CT molecular complexity index is 798. The van der Waals surface area contributed by atoms with Crippen LogP contribution in [0.3, 0.4) is 0 Å². The smallest absolute Gasteiger partial charge is 0.251 e. The molecule has 2 saturated heterocycles. The second-order valence-corrected chi connectivity index (χ2v) is 8.19. The summed E-state index contributed by atoms with van der Waals surface area (Å²) in [4.78, 5) is 17.3. The third-order valence-electron chi connectivity index (χ3n) is 5.92. The molecule has 5 nitrogen and oxygen atoms in total. The van der Waals surface area contributed by atoms with Crippen LogP contribution in [0.1, 0.15) is 35.7 Å². The Morgan fingerprint density at radius 3 is 2.31 bits per heavy atom. The highest BCUT2D eigenvalue weighted by molar-refractivity contribution is 5.94. The number of anilines is 2. The molecule has 0 aromatic heterocycles. The van der Waals surface area contributed by atoms with Gasteiger partial charge in [-0.25, -0.2) is 0 Å². The number of nitrogens with zero attached hydrogens (tertiary/aromatic N) is 2. The van der Waals surface area contributed by atoms with E-state index in [2.05, 4.69) is 46.3 Å². The first kappa shape index (κ1) is 19.8. The normalized spacial score (nSPS) is 19.8. The van der Waals surface area contributed by atoms with Crippen LogP contribution in [-0.2, 0) is 11.3 Å². The molecule has 0 spiro atoms. The summed E-state index contributed by atoms with van der Waals surface area (Å²) in [5, 5.41) is 3.03. The highest BCUT2D eigenvalue weighted by atomic mass is 16.5. The van der Waals surface area contributed by atoms with Crippen molar-refractivity contribution in [2.75, 3.05) is 49.2 Å². The molecule has 0 bridgehead atoms. The van der Waals surface area contributed by atoms with Crippen molar-refractivity contribution in [2.24, 2.45) is 5.92 Å². The first-order chi connectivity index (χ1) is 14.2. The largest absolute Gasteiger partial charge is 0.378 e. The van der Waals surface area contributed by atoms with Gasteiger partial charge in [0.25, 0.3) is 5.91 Å². The van der Waals surface area contributed by atoms with E-state index in [-0.39, 0.29) is 5.91 Å². The summed E-state index contributed by atoms with van der Waals surface area (Å²) in [7, 11) is 0. The number of carbonyl (C=O) groups is 1. The summed E-state index contributed by atoms with van der Waals surface area (Å²) in [5.74, 6) is 0.727. The third-order valence-corrected chi connectivity index (χ3v) is 5.92. The summed E-state index contributed by atoms with van der Waals surface area (Å²) in [6.45, 7) is 8.47. The fourth-order valence-electron chi connectivity index (χ4n) is 4.18. The van der Waals surface area contributed by atoms with Crippen molar-refractivity contribution >= 4 is 17.3 Å². The second-order valence-electron chi connectivity index (χ2n) is 8.19. The second kappa shape index (κ2) is 9.31. The number of amides is 1. The number of rotatable bonds is 5. The lowest BCUT2D eigenvalue weighted by molar-refractivity contribution is 0.0951. The number of nitrogens with one attached hydrogen (secondary N) is 1. The van der Waals surface area contributed by atoms with Gasteiger partial charge in [0.15, 0.2) is 0 Å². The Morgan fingerprint density at radius 2 is 1.62 bits per heavy atom. The number of benzene rings is 2. The topological polar surface area (TPSA) is 44.8 Å². The Balaban J connectivity index is 1.30. The fourth-order valence-corrected chi connectivity index (χ4v) is 4.18. The van der Waals surface area contributed by atoms with Crippen LogP contribution >= 0.6 is 0 Å². The SMILES string of the molecule is C[C@@H]1CCCN(c2ccc(CNC(=O)c3ccc(N4CCOCC4)cc3)cc2)C1. The van der Waals surface area contributed by atoms with Crippen molar-refractivity contribution in [2.45, 2.75) is 26.3 Å². The Hall–Kier alpha value is -2.53. The van der Waals surface area contributed by atoms with Crippen LogP contribution in [0.15, 0.2) is 48.5 Å². The van der Waals surface area contributed by atoms with Gasteiger partial charge in [0.2, 0.25) is 0 Å².